The van der Waals surface area contributed by atoms with Crippen molar-refractivity contribution in [3.63, 3.8) is 0 Å². The third-order valence-electron chi connectivity index (χ3n) is 7.97. The molecule has 2 aromatic carbocycles. The third-order valence-corrected chi connectivity index (χ3v) is 9.08. The van der Waals surface area contributed by atoms with Crippen LogP contribution in [0.3, 0.4) is 0 Å². The summed E-state index contributed by atoms with van der Waals surface area (Å²) in [7, 11) is -3.48. The van der Waals surface area contributed by atoms with Gasteiger partial charge in [-0.3, -0.25) is 14.5 Å². The fourth-order valence-corrected chi connectivity index (χ4v) is 5.90. The highest BCUT2D eigenvalue weighted by molar-refractivity contribution is 7.90. The van der Waals surface area contributed by atoms with Gasteiger partial charge in [0.25, 0.3) is 5.91 Å². The number of hydrogen-bond donors (Lipinski definition) is 3. The molecule has 1 saturated heterocycles. The van der Waals surface area contributed by atoms with Gasteiger partial charge >= 0.3 is 6.18 Å². The van der Waals surface area contributed by atoms with E-state index in [9.17, 15) is 31.2 Å². The number of carbonyl (C=O) groups excluding carboxylic acids is 2. The lowest BCUT2D eigenvalue weighted by molar-refractivity contribution is -0.137. The number of sulfone groups is 1. The number of anilines is 3. The molecule has 1 aliphatic heterocycles. The van der Waals surface area contributed by atoms with Crippen LogP contribution >= 0.6 is 0 Å². The van der Waals surface area contributed by atoms with E-state index >= 15 is 0 Å². The van der Waals surface area contributed by atoms with Crippen LogP contribution in [0.15, 0.2) is 59.6 Å². The zero-order valence-electron chi connectivity index (χ0n) is 27.1. The molecule has 0 aliphatic carbocycles. The van der Waals surface area contributed by atoms with E-state index < -0.39 is 27.4 Å². The number of nitrogens with one attached hydrogen (secondary N) is 3. The third kappa shape index (κ3) is 10.9. The number of nitrogens with zero attached hydrogens (tertiary/aromatic N) is 4. The Morgan fingerprint density at radius 1 is 0.958 bits per heavy atom. The monoisotopic (exact) mass is 689 g/mol. The van der Waals surface area contributed by atoms with E-state index in [1.165, 1.54) is 18.2 Å². The van der Waals surface area contributed by atoms with E-state index in [0.717, 1.165) is 58.1 Å². The Kier molecular flexibility index (Phi) is 12.8. The summed E-state index contributed by atoms with van der Waals surface area (Å²) in [5.41, 5.74) is 0.372. The largest absolute Gasteiger partial charge is 0.421 e. The molecule has 48 heavy (non-hydrogen) atoms. The predicted octanol–water partition coefficient (Wildman–Crippen LogP) is 5.10. The van der Waals surface area contributed by atoms with Crippen molar-refractivity contribution in [2.75, 3.05) is 56.2 Å². The first-order chi connectivity index (χ1) is 22.8. The molecule has 11 nitrogen and oxygen atoms in total. The van der Waals surface area contributed by atoms with Crippen LogP contribution in [0.5, 0.6) is 0 Å². The number of carbonyl (C=O) groups is 2. The summed E-state index contributed by atoms with van der Waals surface area (Å²) >= 11 is 0. The standard InChI is InChI=1S/C33H42F3N7O4S/c1-3-29(44)37-15-6-4-5-7-16-42-17-19-43(20-18-42)31(45)25-11-13-26(14-12-25)40-32-39-23-28(33(34,35)36)30(41-32)38-22-24-9-8-10-27(21-24)48(2,46)47/h8-14,21,23H,3-7,15-20,22H2,1-2H3,(H,37,44)(H2,38,39,40,41). The maximum atomic E-state index is 13.7. The Labute approximate surface area is 279 Å². The van der Waals surface area contributed by atoms with Crippen LogP contribution in [-0.2, 0) is 27.4 Å². The summed E-state index contributed by atoms with van der Waals surface area (Å²) < 4.78 is 64.9. The number of rotatable bonds is 15. The van der Waals surface area contributed by atoms with Gasteiger partial charge < -0.3 is 20.9 Å². The lowest BCUT2D eigenvalue weighted by Gasteiger charge is -2.34. The molecule has 0 unspecified atom stereocenters. The smallest absolute Gasteiger partial charge is 0.365 e. The minimum Gasteiger partial charge on any atom is -0.365 e. The topological polar surface area (TPSA) is 137 Å². The SMILES string of the molecule is CCC(=O)NCCCCCCN1CCN(C(=O)c2ccc(Nc3ncc(C(F)(F)F)c(NCc4cccc(S(C)(=O)=O)c4)n3)cc2)CC1. The highest BCUT2D eigenvalue weighted by Gasteiger charge is 2.35. The molecular weight excluding hydrogens is 647 g/mol. The van der Waals surface area contributed by atoms with E-state index in [4.69, 9.17) is 0 Å². The van der Waals surface area contributed by atoms with E-state index in [2.05, 4.69) is 30.8 Å². The van der Waals surface area contributed by atoms with Crippen LogP contribution in [-0.4, -0.2) is 85.5 Å². The summed E-state index contributed by atoms with van der Waals surface area (Å²) in [4.78, 5) is 36.5. The average Bonchev–Trinajstić information content (AvgIpc) is 3.06. The van der Waals surface area contributed by atoms with Gasteiger partial charge in [0.2, 0.25) is 11.9 Å². The van der Waals surface area contributed by atoms with E-state index in [1.54, 1.807) is 30.3 Å². The maximum absolute atomic E-state index is 13.7. The van der Waals surface area contributed by atoms with Gasteiger partial charge in [0.05, 0.1) is 4.90 Å². The van der Waals surface area contributed by atoms with Gasteiger partial charge in [-0.15, -0.1) is 0 Å². The summed E-state index contributed by atoms with van der Waals surface area (Å²) in [6.45, 7) is 6.27. The molecule has 0 bridgehead atoms. The van der Waals surface area contributed by atoms with Crippen molar-refractivity contribution in [3.05, 3.63) is 71.4 Å². The number of halogens is 3. The first kappa shape index (κ1) is 36.6. The van der Waals surface area contributed by atoms with E-state index in [1.807, 2.05) is 11.8 Å². The molecule has 0 spiro atoms. The molecule has 2 amide bonds. The van der Waals surface area contributed by atoms with Crippen molar-refractivity contribution >= 4 is 39.1 Å². The molecule has 260 valence electrons. The van der Waals surface area contributed by atoms with Crippen LogP contribution in [0.2, 0.25) is 0 Å². The summed E-state index contributed by atoms with van der Waals surface area (Å²) in [6, 6.07) is 12.5. The highest BCUT2D eigenvalue weighted by atomic mass is 32.2. The second-order valence-corrected chi connectivity index (χ2v) is 13.7. The van der Waals surface area contributed by atoms with Crippen LogP contribution in [0.4, 0.5) is 30.6 Å². The number of aromatic nitrogens is 2. The number of piperazine rings is 1. The quantitative estimate of drug-likeness (QED) is 0.186. The molecule has 0 saturated carbocycles. The zero-order valence-corrected chi connectivity index (χ0v) is 28.0. The zero-order chi connectivity index (χ0) is 34.7. The van der Waals surface area contributed by atoms with Crippen molar-refractivity contribution in [1.82, 2.24) is 25.1 Å². The van der Waals surface area contributed by atoms with Gasteiger partial charge in [0.1, 0.15) is 11.4 Å². The number of alkyl halides is 3. The molecule has 4 rings (SSSR count). The molecule has 3 aromatic rings. The predicted molar refractivity (Wildman–Crippen MR) is 178 cm³/mol. The molecule has 1 aromatic heterocycles. The van der Waals surface area contributed by atoms with Crippen molar-refractivity contribution in [2.24, 2.45) is 0 Å². The fourth-order valence-electron chi connectivity index (χ4n) is 5.21. The van der Waals surface area contributed by atoms with Gasteiger partial charge in [-0.1, -0.05) is 31.9 Å². The van der Waals surface area contributed by atoms with Crippen molar-refractivity contribution in [3.8, 4) is 0 Å². The van der Waals surface area contributed by atoms with Crippen molar-refractivity contribution < 1.29 is 31.2 Å². The van der Waals surface area contributed by atoms with Crippen LogP contribution < -0.4 is 16.0 Å². The van der Waals surface area contributed by atoms with Gasteiger partial charge in [-0.2, -0.15) is 18.2 Å². The molecule has 2 heterocycles. The van der Waals surface area contributed by atoms with E-state index in [0.29, 0.717) is 42.5 Å². The van der Waals surface area contributed by atoms with Crippen molar-refractivity contribution in [2.45, 2.75) is 56.6 Å². The second-order valence-electron chi connectivity index (χ2n) is 11.7. The van der Waals surface area contributed by atoms with Gasteiger partial charge in [0, 0.05) is 69.4 Å². The van der Waals surface area contributed by atoms with Crippen LogP contribution in [0.1, 0.15) is 60.5 Å². The molecule has 0 atom stereocenters. The normalized spacial score (nSPS) is 14.1. The molecule has 1 aliphatic rings. The first-order valence-electron chi connectivity index (χ1n) is 16.0. The lowest BCUT2D eigenvalue weighted by Crippen LogP contribution is -2.48. The number of amides is 2. The van der Waals surface area contributed by atoms with Gasteiger partial charge in [-0.05, 0) is 61.3 Å². The summed E-state index contributed by atoms with van der Waals surface area (Å²) in [6.07, 6.45) is 1.73. The molecular formula is C33H42F3N7O4S. The van der Waals surface area contributed by atoms with Crippen LogP contribution in [0.25, 0.3) is 0 Å². The fraction of sp³-hybridized carbons (Fsp3) is 0.455. The Morgan fingerprint density at radius 3 is 2.33 bits per heavy atom. The number of hydrogen-bond acceptors (Lipinski definition) is 9. The van der Waals surface area contributed by atoms with Crippen LogP contribution in [0, 0.1) is 0 Å². The molecule has 0 radical (unpaired) electrons. The van der Waals surface area contributed by atoms with Crippen molar-refractivity contribution in [1.29, 1.82) is 0 Å². The number of benzene rings is 2. The molecule has 15 heteroatoms. The van der Waals surface area contributed by atoms with Gasteiger partial charge in [0.15, 0.2) is 9.84 Å². The average molecular weight is 690 g/mol. The Bertz CT molecular complexity index is 1650. The Hall–Kier alpha value is -4.24. The second kappa shape index (κ2) is 16.7. The van der Waals surface area contributed by atoms with E-state index in [-0.39, 0.29) is 29.2 Å². The lowest BCUT2D eigenvalue weighted by atomic mass is 10.1. The maximum Gasteiger partial charge on any atom is 0.421 e. The number of unbranched alkanes of at least 4 members (excludes halogenated alkanes) is 3. The van der Waals surface area contributed by atoms with Gasteiger partial charge in [-0.25, -0.2) is 13.4 Å². The minimum absolute atomic E-state index is 0.0567. The Morgan fingerprint density at radius 2 is 1.67 bits per heavy atom. The highest BCUT2D eigenvalue weighted by Crippen LogP contribution is 2.34. The Balaban J connectivity index is 1.28. The summed E-state index contributed by atoms with van der Waals surface area (Å²) in [5.74, 6) is -0.560. The minimum atomic E-state index is -4.72. The first-order valence-corrected chi connectivity index (χ1v) is 17.8. The molecule has 3 N–H and O–H groups in total. The molecule has 1 fully saturated rings. The summed E-state index contributed by atoms with van der Waals surface area (Å²) in [5, 5.41) is 8.44.